The highest BCUT2D eigenvalue weighted by Crippen LogP contribution is 1.95. The second kappa shape index (κ2) is 3.71. The van der Waals surface area contributed by atoms with E-state index < -0.39 is 0 Å². The Kier molecular flexibility index (Phi) is 2.60. The normalized spacial score (nSPS) is 9.45. The van der Waals surface area contributed by atoms with Crippen molar-refractivity contribution in [2.75, 3.05) is 0 Å². The lowest BCUT2D eigenvalue weighted by Gasteiger charge is -1.96. The molecule has 0 aliphatic heterocycles. The largest absolute Gasteiger partial charge is 0.276 e. The molecule has 1 heterocycles. The Bertz CT molecular complexity index is 239. The fourth-order valence-corrected chi connectivity index (χ4v) is 0.761. The molecule has 0 N–H and O–H groups in total. The van der Waals surface area contributed by atoms with Gasteiger partial charge in [0.15, 0.2) is 0 Å². The van der Waals surface area contributed by atoms with Gasteiger partial charge in [0.1, 0.15) is 6.33 Å². The molecule has 0 amide bonds. The predicted octanol–water partition coefficient (Wildman–Crippen LogP) is 1.49. The molecule has 0 bridgehead atoms. The molecule has 1 aromatic rings. The average Bonchev–Trinajstić information content (AvgIpc) is 2.52. The summed E-state index contributed by atoms with van der Waals surface area (Å²) in [5.41, 5.74) is 0. The number of nitrogens with zero attached hydrogens (tertiary/aromatic N) is 2. The van der Waals surface area contributed by atoms with Gasteiger partial charge < -0.3 is 0 Å². The Morgan fingerprint density at radius 2 is 2.55 bits per heavy atom. The zero-order chi connectivity index (χ0) is 8.10. The summed E-state index contributed by atoms with van der Waals surface area (Å²) in [5, 5.41) is 0. The molecule has 0 spiro atoms. The lowest BCUT2D eigenvalue weighted by molar-refractivity contribution is 0.0904. The first-order chi connectivity index (χ1) is 5.34. The van der Waals surface area contributed by atoms with Crippen molar-refractivity contribution in [3.8, 4) is 0 Å². The molecular formula is C8H10N2O. The number of allylic oxidation sites excluding steroid dienone is 1. The third kappa shape index (κ3) is 2.04. The SMILES string of the molecule is C=CCCC(=O)n1ccnc1. The van der Waals surface area contributed by atoms with Gasteiger partial charge >= 0.3 is 0 Å². The van der Waals surface area contributed by atoms with Gasteiger partial charge in [-0.1, -0.05) is 6.08 Å². The number of carbonyl (C=O) groups excluding carboxylic acids is 1. The molecule has 0 aliphatic rings. The van der Waals surface area contributed by atoms with Crippen LogP contribution in [0.1, 0.15) is 17.6 Å². The van der Waals surface area contributed by atoms with Crippen molar-refractivity contribution in [2.24, 2.45) is 0 Å². The van der Waals surface area contributed by atoms with Crippen LogP contribution in [0.4, 0.5) is 0 Å². The van der Waals surface area contributed by atoms with Crippen LogP contribution >= 0.6 is 0 Å². The summed E-state index contributed by atoms with van der Waals surface area (Å²) in [6.45, 7) is 3.54. The fourth-order valence-electron chi connectivity index (χ4n) is 0.761. The maximum absolute atomic E-state index is 11.1. The number of hydrogen-bond acceptors (Lipinski definition) is 2. The van der Waals surface area contributed by atoms with E-state index in [1.165, 1.54) is 10.9 Å². The van der Waals surface area contributed by atoms with Crippen molar-refractivity contribution in [1.29, 1.82) is 0 Å². The van der Waals surface area contributed by atoms with Gasteiger partial charge in [0.2, 0.25) is 5.91 Å². The molecule has 1 rings (SSSR count). The quantitative estimate of drug-likeness (QED) is 0.612. The maximum atomic E-state index is 11.1. The van der Waals surface area contributed by atoms with Crippen LogP contribution in [0.5, 0.6) is 0 Å². The highest BCUT2D eigenvalue weighted by molar-refractivity contribution is 5.78. The highest BCUT2D eigenvalue weighted by atomic mass is 16.2. The van der Waals surface area contributed by atoms with Crippen molar-refractivity contribution in [2.45, 2.75) is 12.8 Å². The van der Waals surface area contributed by atoms with Crippen LogP contribution in [0.15, 0.2) is 31.4 Å². The van der Waals surface area contributed by atoms with Crippen LogP contribution in [0.25, 0.3) is 0 Å². The van der Waals surface area contributed by atoms with E-state index >= 15 is 0 Å². The summed E-state index contributed by atoms with van der Waals surface area (Å²) in [5.74, 6) is 0.0578. The van der Waals surface area contributed by atoms with E-state index in [1.54, 1.807) is 18.5 Å². The topological polar surface area (TPSA) is 34.9 Å². The first-order valence-electron chi connectivity index (χ1n) is 3.46. The molecule has 1 aromatic heterocycles. The molecule has 0 radical (unpaired) electrons. The molecule has 58 valence electrons. The molecule has 3 heteroatoms. The Balaban J connectivity index is 2.49. The third-order valence-electron chi connectivity index (χ3n) is 1.35. The van der Waals surface area contributed by atoms with E-state index in [2.05, 4.69) is 11.6 Å². The van der Waals surface area contributed by atoms with Crippen LogP contribution in [0, 0.1) is 0 Å². The minimum Gasteiger partial charge on any atom is -0.276 e. The number of hydrogen-bond donors (Lipinski definition) is 0. The van der Waals surface area contributed by atoms with E-state index in [0.717, 1.165) is 6.42 Å². The fraction of sp³-hybridized carbons (Fsp3) is 0.250. The zero-order valence-electron chi connectivity index (χ0n) is 6.23. The number of aromatic nitrogens is 2. The minimum atomic E-state index is 0.0578. The molecular weight excluding hydrogens is 140 g/mol. The van der Waals surface area contributed by atoms with E-state index in [1.807, 2.05) is 0 Å². The van der Waals surface area contributed by atoms with Gasteiger partial charge in [-0.25, -0.2) is 4.98 Å². The number of imidazole rings is 1. The summed E-state index contributed by atoms with van der Waals surface area (Å²) in [6.07, 6.45) is 7.69. The molecule has 0 unspecified atom stereocenters. The highest BCUT2D eigenvalue weighted by Gasteiger charge is 2.00. The monoisotopic (exact) mass is 150 g/mol. The van der Waals surface area contributed by atoms with Gasteiger partial charge in [-0.15, -0.1) is 6.58 Å². The van der Waals surface area contributed by atoms with E-state index in [0.29, 0.717) is 6.42 Å². The average molecular weight is 150 g/mol. The van der Waals surface area contributed by atoms with Gasteiger partial charge in [-0.3, -0.25) is 9.36 Å². The molecule has 11 heavy (non-hydrogen) atoms. The van der Waals surface area contributed by atoms with Gasteiger partial charge in [-0.05, 0) is 6.42 Å². The van der Waals surface area contributed by atoms with Crippen LogP contribution in [0.3, 0.4) is 0 Å². The second-order valence-electron chi connectivity index (χ2n) is 2.19. The summed E-state index contributed by atoms with van der Waals surface area (Å²) in [4.78, 5) is 14.9. The molecule has 0 fully saturated rings. The van der Waals surface area contributed by atoms with Crippen LogP contribution < -0.4 is 0 Å². The molecule has 0 aromatic carbocycles. The van der Waals surface area contributed by atoms with Gasteiger partial charge in [0, 0.05) is 18.8 Å². The molecule has 0 saturated heterocycles. The summed E-state index contributed by atoms with van der Waals surface area (Å²) >= 11 is 0. The molecule has 3 nitrogen and oxygen atoms in total. The number of carbonyl (C=O) groups is 1. The Morgan fingerprint density at radius 3 is 3.09 bits per heavy atom. The van der Waals surface area contributed by atoms with Crippen molar-refractivity contribution in [3.05, 3.63) is 31.4 Å². The lowest BCUT2D eigenvalue weighted by Crippen LogP contribution is -2.06. The number of rotatable bonds is 3. The van der Waals surface area contributed by atoms with Crippen molar-refractivity contribution >= 4 is 5.91 Å². The van der Waals surface area contributed by atoms with Crippen LogP contribution in [-0.4, -0.2) is 15.5 Å². The second-order valence-corrected chi connectivity index (χ2v) is 2.19. The predicted molar refractivity (Wildman–Crippen MR) is 42.3 cm³/mol. The first kappa shape index (κ1) is 7.72. The smallest absolute Gasteiger partial charge is 0.232 e. The molecule has 0 atom stereocenters. The molecule has 0 aliphatic carbocycles. The molecule has 0 saturated carbocycles. The standard InChI is InChI=1S/C8H10N2O/c1-2-3-4-8(11)10-6-5-9-7-10/h2,5-7H,1,3-4H2. The van der Waals surface area contributed by atoms with E-state index in [-0.39, 0.29) is 5.91 Å². The van der Waals surface area contributed by atoms with Crippen LogP contribution in [-0.2, 0) is 0 Å². The Hall–Kier alpha value is -1.38. The first-order valence-corrected chi connectivity index (χ1v) is 3.46. The minimum absolute atomic E-state index is 0.0578. The van der Waals surface area contributed by atoms with Gasteiger partial charge in [0.05, 0.1) is 0 Å². The van der Waals surface area contributed by atoms with Crippen molar-refractivity contribution < 1.29 is 4.79 Å². The van der Waals surface area contributed by atoms with Crippen molar-refractivity contribution in [3.63, 3.8) is 0 Å². The van der Waals surface area contributed by atoms with Gasteiger partial charge in [-0.2, -0.15) is 0 Å². The summed E-state index contributed by atoms with van der Waals surface area (Å²) in [7, 11) is 0. The van der Waals surface area contributed by atoms with E-state index in [4.69, 9.17) is 0 Å². The third-order valence-corrected chi connectivity index (χ3v) is 1.35. The Morgan fingerprint density at radius 1 is 1.73 bits per heavy atom. The zero-order valence-corrected chi connectivity index (χ0v) is 6.23. The Labute approximate surface area is 65.4 Å². The lowest BCUT2D eigenvalue weighted by atomic mass is 10.3. The summed E-state index contributed by atoms with van der Waals surface area (Å²) in [6, 6.07) is 0. The maximum Gasteiger partial charge on any atom is 0.232 e. The van der Waals surface area contributed by atoms with Crippen molar-refractivity contribution in [1.82, 2.24) is 9.55 Å². The van der Waals surface area contributed by atoms with Crippen LogP contribution in [0.2, 0.25) is 0 Å². The van der Waals surface area contributed by atoms with Gasteiger partial charge in [0.25, 0.3) is 0 Å². The summed E-state index contributed by atoms with van der Waals surface area (Å²) < 4.78 is 1.48. The van der Waals surface area contributed by atoms with E-state index in [9.17, 15) is 4.79 Å².